The molecule has 1 heterocycles. The average molecular weight is 296 g/mol. The van der Waals surface area contributed by atoms with Crippen LogP contribution >= 0.6 is 11.6 Å². The van der Waals surface area contributed by atoms with Gasteiger partial charge in [0.2, 0.25) is 0 Å². The predicted octanol–water partition coefficient (Wildman–Crippen LogP) is 2.60. The molecule has 5 nitrogen and oxygen atoms in total. The molecule has 0 fully saturated rings. The van der Waals surface area contributed by atoms with Crippen LogP contribution in [0.3, 0.4) is 0 Å². The molecule has 1 aromatic carbocycles. The first-order valence-electron chi connectivity index (χ1n) is 6.34. The predicted molar refractivity (Wildman–Crippen MR) is 78.3 cm³/mol. The van der Waals surface area contributed by atoms with Gasteiger partial charge in [0.05, 0.1) is 24.0 Å². The van der Waals surface area contributed by atoms with Crippen LogP contribution in [0.1, 0.15) is 5.56 Å². The van der Waals surface area contributed by atoms with E-state index >= 15 is 0 Å². The molecular weight excluding hydrogens is 278 g/mol. The highest BCUT2D eigenvalue weighted by Gasteiger charge is 2.10. The molecule has 20 heavy (non-hydrogen) atoms. The van der Waals surface area contributed by atoms with E-state index in [1.165, 1.54) is 0 Å². The van der Waals surface area contributed by atoms with Crippen molar-refractivity contribution < 1.29 is 9.47 Å². The van der Waals surface area contributed by atoms with Gasteiger partial charge in [-0.25, -0.2) is 0 Å². The number of rotatable bonds is 7. The maximum Gasteiger partial charge on any atom is 0.165 e. The summed E-state index contributed by atoms with van der Waals surface area (Å²) in [6.07, 6.45) is 3.46. The van der Waals surface area contributed by atoms with Crippen LogP contribution in [-0.4, -0.2) is 30.0 Å². The highest BCUT2D eigenvalue weighted by Crippen LogP contribution is 2.32. The molecular formula is C14H18ClN3O2. The van der Waals surface area contributed by atoms with Gasteiger partial charge in [0.25, 0.3) is 0 Å². The molecule has 0 amide bonds. The number of nitrogens with one attached hydrogen (secondary N) is 1. The van der Waals surface area contributed by atoms with Crippen LogP contribution in [-0.2, 0) is 18.3 Å². The van der Waals surface area contributed by atoms with Gasteiger partial charge < -0.3 is 14.8 Å². The van der Waals surface area contributed by atoms with Crippen LogP contribution in [0.4, 0.5) is 0 Å². The number of benzene rings is 1. The van der Waals surface area contributed by atoms with Gasteiger partial charge in [-0.3, -0.25) is 4.68 Å². The minimum Gasteiger partial charge on any atom is -0.452 e. The van der Waals surface area contributed by atoms with Crippen molar-refractivity contribution in [3.05, 3.63) is 41.2 Å². The molecule has 6 heteroatoms. The van der Waals surface area contributed by atoms with Gasteiger partial charge in [0, 0.05) is 32.8 Å². The summed E-state index contributed by atoms with van der Waals surface area (Å²) in [5.74, 6) is 1.32. The topological polar surface area (TPSA) is 48.3 Å². The minimum atomic E-state index is 0.583. The summed E-state index contributed by atoms with van der Waals surface area (Å²) >= 11 is 6.22. The Hall–Kier alpha value is -1.56. The molecule has 0 unspecified atom stereocenters. The van der Waals surface area contributed by atoms with E-state index in [0.717, 1.165) is 12.1 Å². The molecule has 2 aromatic rings. The Balaban J connectivity index is 2.09. The maximum atomic E-state index is 6.22. The molecule has 2 rings (SSSR count). The number of hydrogen-bond acceptors (Lipinski definition) is 4. The SMILES string of the molecule is COCCNCc1cccc(Cl)c1Oc1cnn(C)c1. The summed E-state index contributed by atoms with van der Waals surface area (Å²) in [6, 6.07) is 5.70. The Morgan fingerprint density at radius 1 is 1.40 bits per heavy atom. The van der Waals surface area contributed by atoms with Gasteiger partial charge in [-0.1, -0.05) is 23.7 Å². The molecule has 0 saturated heterocycles. The van der Waals surface area contributed by atoms with E-state index in [-0.39, 0.29) is 0 Å². The number of halogens is 1. The maximum absolute atomic E-state index is 6.22. The molecule has 0 radical (unpaired) electrons. The molecule has 0 saturated carbocycles. The largest absolute Gasteiger partial charge is 0.452 e. The lowest BCUT2D eigenvalue weighted by Crippen LogP contribution is -2.18. The number of para-hydroxylation sites is 1. The van der Waals surface area contributed by atoms with Crippen LogP contribution in [0, 0.1) is 0 Å². The number of hydrogen-bond donors (Lipinski definition) is 1. The van der Waals surface area contributed by atoms with E-state index in [1.807, 2.05) is 25.2 Å². The molecule has 0 spiro atoms. The molecule has 108 valence electrons. The van der Waals surface area contributed by atoms with E-state index < -0.39 is 0 Å². The van der Waals surface area contributed by atoms with Gasteiger partial charge in [-0.2, -0.15) is 5.10 Å². The molecule has 0 aliphatic rings. The lowest BCUT2D eigenvalue weighted by atomic mass is 10.2. The van der Waals surface area contributed by atoms with E-state index in [1.54, 1.807) is 24.2 Å². The molecule has 0 bridgehead atoms. The summed E-state index contributed by atoms with van der Waals surface area (Å²) in [7, 11) is 3.52. The van der Waals surface area contributed by atoms with Crippen molar-refractivity contribution in [2.45, 2.75) is 6.54 Å². The Morgan fingerprint density at radius 2 is 2.25 bits per heavy atom. The van der Waals surface area contributed by atoms with Crippen LogP contribution in [0.2, 0.25) is 5.02 Å². The second kappa shape index (κ2) is 7.28. The smallest absolute Gasteiger partial charge is 0.165 e. The molecule has 1 aromatic heterocycles. The van der Waals surface area contributed by atoms with Crippen molar-refractivity contribution in [2.75, 3.05) is 20.3 Å². The fraction of sp³-hybridized carbons (Fsp3) is 0.357. The summed E-state index contributed by atoms with van der Waals surface area (Å²) in [6.45, 7) is 2.11. The number of ether oxygens (including phenoxy) is 2. The van der Waals surface area contributed by atoms with Crippen molar-refractivity contribution in [3.63, 3.8) is 0 Å². The molecule has 0 aliphatic heterocycles. The lowest BCUT2D eigenvalue weighted by molar-refractivity contribution is 0.199. The highest BCUT2D eigenvalue weighted by molar-refractivity contribution is 6.32. The van der Waals surface area contributed by atoms with Crippen LogP contribution in [0.25, 0.3) is 0 Å². The zero-order chi connectivity index (χ0) is 14.4. The van der Waals surface area contributed by atoms with Crippen molar-refractivity contribution in [2.24, 2.45) is 7.05 Å². The molecule has 0 atom stereocenters. The third kappa shape index (κ3) is 3.96. The third-order valence-corrected chi connectivity index (χ3v) is 3.05. The average Bonchev–Trinajstić information content (AvgIpc) is 2.84. The van der Waals surface area contributed by atoms with Gasteiger partial charge in [-0.15, -0.1) is 0 Å². The third-order valence-electron chi connectivity index (χ3n) is 2.75. The molecule has 0 aliphatic carbocycles. The minimum absolute atomic E-state index is 0.583. The Bertz CT molecular complexity index is 557. The van der Waals surface area contributed by atoms with Gasteiger partial charge >= 0.3 is 0 Å². The molecule has 1 N–H and O–H groups in total. The summed E-state index contributed by atoms with van der Waals surface area (Å²) in [5.41, 5.74) is 0.998. The fourth-order valence-electron chi connectivity index (χ4n) is 1.77. The first-order chi connectivity index (χ1) is 9.70. The first kappa shape index (κ1) is 14.8. The lowest BCUT2D eigenvalue weighted by Gasteiger charge is -2.12. The highest BCUT2D eigenvalue weighted by atomic mass is 35.5. The van der Waals surface area contributed by atoms with Gasteiger partial charge in [-0.05, 0) is 6.07 Å². The normalized spacial score (nSPS) is 10.8. The van der Waals surface area contributed by atoms with Crippen molar-refractivity contribution >= 4 is 11.6 Å². The standard InChI is InChI=1S/C14H18ClN3O2/c1-18-10-12(9-17-18)20-14-11(4-3-5-13(14)15)8-16-6-7-19-2/h3-5,9-10,16H,6-8H2,1-2H3. The fourth-order valence-corrected chi connectivity index (χ4v) is 2.01. The van der Waals surface area contributed by atoms with Gasteiger partial charge in [0.1, 0.15) is 0 Å². The van der Waals surface area contributed by atoms with Gasteiger partial charge in [0.15, 0.2) is 11.5 Å². The number of aromatic nitrogens is 2. The van der Waals surface area contributed by atoms with E-state index in [9.17, 15) is 0 Å². The zero-order valence-electron chi connectivity index (χ0n) is 11.6. The van der Waals surface area contributed by atoms with E-state index in [4.69, 9.17) is 21.1 Å². The van der Waals surface area contributed by atoms with Crippen LogP contribution in [0.15, 0.2) is 30.6 Å². The van der Waals surface area contributed by atoms with Crippen molar-refractivity contribution in [3.8, 4) is 11.5 Å². The van der Waals surface area contributed by atoms with Crippen molar-refractivity contribution in [1.29, 1.82) is 0 Å². The Morgan fingerprint density at radius 3 is 2.95 bits per heavy atom. The summed E-state index contributed by atoms with van der Waals surface area (Å²) < 4.78 is 12.5. The summed E-state index contributed by atoms with van der Waals surface area (Å²) in [5, 5.41) is 7.94. The Labute approximate surface area is 123 Å². The van der Waals surface area contributed by atoms with E-state index in [0.29, 0.717) is 29.7 Å². The zero-order valence-corrected chi connectivity index (χ0v) is 12.4. The number of nitrogens with zero attached hydrogens (tertiary/aromatic N) is 2. The second-order valence-electron chi connectivity index (χ2n) is 4.35. The monoisotopic (exact) mass is 295 g/mol. The van der Waals surface area contributed by atoms with Crippen molar-refractivity contribution in [1.82, 2.24) is 15.1 Å². The van der Waals surface area contributed by atoms with Crippen LogP contribution in [0.5, 0.6) is 11.5 Å². The Kier molecular flexibility index (Phi) is 5.40. The summed E-state index contributed by atoms with van der Waals surface area (Å²) in [4.78, 5) is 0. The second-order valence-corrected chi connectivity index (χ2v) is 4.76. The number of methoxy groups -OCH3 is 1. The van der Waals surface area contributed by atoms with E-state index in [2.05, 4.69) is 10.4 Å². The first-order valence-corrected chi connectivity index (χ1v) is 6.72. The quantitative estimate of drug-likeness (QED) is 0.798. The van der Waals surface area contributed by atoms with Crippen LogP contribution < -0.4 is 10.1 Å². The number of aryl methyl sites for hydroxylation is 1.